The Morgan fingerprint density at radius 3 is 2.55 bits per heavy atom. The second kappa shape index (κ2) is 7.98. The van der Waals surface area contributed by atoms with Crippen molar-refractivity contribution >= 4 is 0 Å². The van der Waals surface area contributed by atoms with Gasteiger partial charge >= 0.3 is 0 Å². The molecule has 4 fully saturated rings. The Bertz CT molecular complexity index is 681. The number of nitrogens with zero attached hydrogens (tertiary/aromatic N) is 1. The Hall–Kier alpha value is -0.900. The molecule has 5 atom stereocenters. The van der Waals surface area contributed by atoms with Crippen LogP contribution in [-0.4, -0.2) is 43.1 Å². The van der Waals surface area contributed by atoms with Gasteiger partial charge in [-0.3, -0.25) is 0 Å². The van der Waals surface area contributed by atoms with Crippen LogP contribution in [0, 0.1) is 23.2 Å². The first-order valence-corrected chi connectivity index (χ1v) is 12.2. The quantitative estimate of drug-likeness (QED) is 0.598. The number of likely N-dealkylation sites (tertiary alicyclic amines) is 1. The summed E-state index contributed by atoms with van der Waals surface area (Å²) in [5.74, 6) is 2.63. The average Bonchev–Trinajstić information content (AvgIpc) is 3.41. The smallest absolute Gasteiger partial charge is 0.158 e. The van der Waals surface area contributed by atoms with Crippen LogP contribution in [0.15, 0.2) is 30.3 Å². The van der Waals surface area contributed by atoms with Gasteiger partial charge < -0.3 is 14.0 Å². The summed E-state index contributed by atoms with van der Waals surface area (Å²) in [5.41, 5.74) is 1.94. The minimum absolute atomic E-state index is 0.0326. The van der Waals surface area contributed by atoms with E-state index in [1.807, 2.05) is 0 Å². The van der Waals surface area contributed by atoms with Crippen molar-refractivity contribution in [3.05, 3.63) is 35.9 Å². The summed E-state index contributed by atoms with van der Waals surface area (Å²) < 4.78 is 14.0. The molecule has 4 aliphatic rings. The molecule has 2 heterocycles. The highest BCUT2D eigenvalue weighted by molar-refractivity contribution is 5.13. The summed E-state index contributed by atoms with van der Waals surface area (Å²) in [6.45, 7) is 10.6. The van der Waals surface area contributed by atoms with Crippen molar-refractivity contribution in [2.45, 2.75) is 77.7 Å². The average molecular weight is 399 g/mol. The van der Waals surface area contributed by atoms with E-state index in [1.165, 1.54) is 61.7 Å². The van der Waals surface area contributed by atoms with Crippen LogP contribution < -0.4 is 0 Å². The number of hydrogen-bond donors (Lipinski definition) is 0. The van der Waals surface area contributed by atoms with Gasteiger partial charge in [0.1, 0.15) is 19.2 Å². The van der Waals surface area contributed by atoms with E-state index in [0.29, 0.717) is 5.41 Å². The molecule has 29 heavy (non-hydrogen) atoms. The molecule has 0 spiro atoms. The van der Waals surface area contributed by atoms with Crippen LogP contribution in [0.4, 0.5) is 0 Å². The molecule has 2 aliphatic carbocycles. The molecule has 2 aliphatic heterocycles. The fourth-order valence-electron chi connectivity index (χ4n) is 7.39. The van der Waals surface area contributed by atoms with E-state index in [0.717, 1.165) is 43.9 Å². The maximum absolute atomic E-state index is 6.55. The normalized spacial score (nSPS) is 37.8. The fraction of sp³-hybridized carbons (Fsp3) is 0.769. The zero-order chi connectivity index (χ0) is 19.9. The molecular weight excluding hydrogens is 358 g/mol. The molecule has 0 amide bonds. The SMILES string of the molecule is CC1(C)[C@H]2CC[C@@H](C2)[C@@H]1C[C@@H]1OC[C@@H](C[N+]2(Cc3ccccc3)CCCCC2)O1. The molecule has 2 bridgehead atoms. The molecule has 0 radical (unpaired) electrons. The van der Waals surface area contributed by atoms with Crippen LogP contribution in [0.3, 0.4) is 0 Å². The van der Waals surface area contributed by atoms with E-state index in [4.69, 9.17) is 9.47 Å². The van der Waals surface area contributed by atoms with Gasteiger partial charge in [-0.2, -0.15) is 0 Å². The minimum Gasteiger partial charge on any atom is -0.350 e. The van der Waals surface area contributed by atoms with E-state index < -0.39 is 0 Å². The number of fused-ring (bicyclic) bond motifs is 2. The van der Waals surface area contributed by atoms with E-state index >= 15 is 0 Å². The largest absolute Gasteiger partial charge is 0.350 e. The Morgan fingerprint density at radius 2 is 1.83 bits per heavy atom. The zero-order valence-corrected chi connectivity index (χ0v) is 18.5. The van der Waals surface area contributed by atoms with Crippen molar-refractivity contribution in [1.29, 1.82) is 0 Å². The summed E-state index contributed by atoms with van der Waals surface area (Å²) in [5, 5.41) is 0. The third kappa shape index (κ3) is 4.03. The monoisotopic (exact) mass is 398 g/mol. The van der Waals surface area contributed by atoms with Crippen molar-refractivity contribution in [3.8, 4) is 0 Å². The third-order valence-corrected chi connectivity index (χ3v) is 9.03. The maximum atomic E-state index is 6.55. The van der Waals surface area contributed by atoms with Crippen LogP contribution in [0.5, 0.6) is 0 Å². The Kier molecular flexibility index (Phi) is 5.51. The van der Waals surface area contributed by atoms with Gasteiger partial charge in [-0.1, -0.05) is 44.2 Å². The van der Waals surface area contributed by atoms with E-state index in [9.17, 15) is 0 Å². The lowest BCUT2D eigenvalue weighted by Gasteiger charge is -2.43. The first kappa shape index (κ1) is 20.0. The summed E-state index contributed by atoms with van der Waals surface area (Å²) in [6.07, 6.45) is 9.84. The van der Waals surface area contributed by atoms with Crippen LogP contribution in [-0.2, 0) is 16.0 Å². The highest BCUT2D eigenvalue weighted by Gasteiger charge is 2.53. The van der Waals surface area contributed by atoms with E-state index in [2.05, 4.69) is 44.2 Å². The topological polar surface area (TPSA) is 18.5 Å². The van der Waals surface area contributed by atoms with Gasteiger partial charge in [0.05, 0.1) is 19.7 Å². The number of benzene rings is 1. The molecule has 0 aromatic heterocycles. The van der Waals surface area contributed by atoms with Crippen LogP contribution >= 0.6 is 0 Å². The number of quaternary nitrogens is 1. The molecular formula is C26H40NO2+. The molecule has 1 aromatic rings. The molecule has 160 valence electrons. The second-order valence-electron chi connectivity index (χ2n) is 11.1. The predicted molar refractivity (Wildman–Crippen MR) is 116 cm³/mol. The third-order valence-electron chi connectivity index (χ3n) is 9.03. The van der Waals surface area contributed by atoms with Crippen molar-refractivity contribution in [2.24, 2.45) is 23.2 Å². The Balaban J connectivity index is 1.21. The molecule has 2 saturated carbocycles. The highest BCUT2D eigenvalue weighted by Crippen LogP contribution is 2.60. The molecule has 0 unspecified atom stereocenters. The van der Waals surface area contributed by atoms with Gasteiger partial charge in [-0.05, 0) is 61.7 Å². The summed E-state index contributed by atoms with van der Waals surface area (Å²) in [7, 11) is 0. The van der Waals surface area contributed by atoms with Crippen molar-refractivity contribution < 1.29 is 14.0 Å². The van der Waals surface area contributed by atoms with E-state index in [1.54, 1.807) is 0 Å². The lowest BCUT2D eigenvalue weighted by molar-refractivity contribution is -0.947. The minimum atomic E-state index is 0.0326. The summed E-state index contributed by atoms with van der Waals surface area (Å²) in [4.78, 5) is 0. The standard InChI is InChI=1S/C26H40NO2/c1-26(2)22-12-11-21(15-22)24(26)16-25-28-19-23(29-25)18-27(13-7-4-8-14-27)17-20-9-5-3-6-10-20/h3,5-6,9-10,21-25H,4,7-8,11-19H2,1-2H3/q+1/t21-,22-,23+,24-,25+/m0/s1. The van der Waals surface area contributed by atoms with Gasteiger partial charge in [0.2, 0.25) is 0 Å². The zero-order valence-electron chi connectivity index (χ0n) is 18.5. The number of hydrogen-bond acceptors (Lipinski definition) is 2. The lowest BCUT2D eigenvalue weighted by atomic mass is 9.67. The molecule has 2 saturated heterocycles. The van der Waals surface area contributed by atoms with Crippen LogP contribution in [0.2, 0.25) is 0 Å². The second-order valence-corrected chi connectivity index (χ2v) is 11.1. The van der Waals surface area contributed by atoms with Gasteiger partial charge in [0, 0.05) is 12.0 Å². The number of piperidine rings is 1. The molecule has 1 aromatic carbocycles. The van der Waals surface area contributed by atoms with Gasteiger partial charge in [-0.25, -0.2) is 0 Å². The summed E-state index contributed by atoms with van der Waals surface area (Å²) in [6, 6.07) is 11.1. The fourth-order valence-corrected chi connectivity index (χ4v) is 7.39. The predicted octanol–water partition coefficient (Wildman–Crippen LogP) is 5.39. The van der Waals surface area contributed by atoms with Crippen molar-refractivity contribution in [3.63, 3.8) is 0 Å². The van der Waals surface area contributed by atoms with Gasteiger partial charge in [-0.15, -0.1) is 0 Å². The molecule has 5 rings (SSSR count). The number of rotatable bonds is 6. The lowest BCUT2D eigenvalue weighted by Crippen LogP contribution is -2.54. The Morgan fingerprint density at radius 1 is 1.03 bits per heavy atom. The maximum Gasteiger partial charge on any atom is 0.158 e. The molecule has 3 nitrogen and oxygen atoms in total. The van der Waals surface area contributed by atoms with Crippen LogP contribution in [0.25, 0.3) is 0 Å². The van der Waals surface area contributed by atoms with Crippen LogP contribution in [0.1, 0.15) is 64.4 Å². The number of ether oxygens (including phenoxy) is 2. The Labute approximate surface area is 177 Å². The van der Waals surface area contributed by atoms with E-state index in [-0.39, 0.29) is 12.4 Å². The molecule has 0 N–H and O–H groups in total. The van der Waals surface area contributed by atoms with Gasteiger partial charge in [0.25, 0.3) is 0 Å². The van der Waals surface area contributed by atoms with Crippen molar-refractivity contribution in [1.82, 2.24) is 0 Å². The first-order valence-electron chi connectivity index (χ1n) is 12.2. The summed E-state index contributed by atoms with van der Waals surface area (Å²) >= 11 is 0. The van der Waals surface area contributed by atoms with Crippen molar-refractivity contribution in [2.75, 3.05) is 26.2 Å². The highest BCUT2D eigenvalue weighted by atomic mass is 16.7. The first-order chi connectivity index (χ1) is 14.0. The van der Waals surface area contributed by atoms with Gasteiger partial charge in [0.15, 0.2) is 6.29 Å². The molecule has 3 heteroatoms.